The number of rotatable bonds is 6. The number of halogens is 2. The van der Waals surface area contributed by atoms with Gasteiger partial charge in [0.05, 0.1) is 16.1 Å². The molecule has 1 aliphatic heterocycles. The Bertz CT molecular complexity index is 1410. The molecule has 0 aliphatic carbocycles. The summed E-state index contributed by atoms with van der Waals surface area (Å²) in [7, 11) is -3.79. The molecule has 8 nitrogen and oxygen atoms in total. The summed E-state index contributed by atoms with van der Waals surface area (Å²) in [6, 6.07) is 14.6. The van der Waals surface area contributed by atoms with Gasteiger partial charge in [-0.05, 0) is 48.9 Å². The molecule has 0 saturated carbocycles. The van der Waals surface area contributed by atoms with Gasteiger partial charge in [0, 0.05) is 18.8 Å². The van der Waals surface area contributed by atoms with E-state index >= 15 is 0 Å². The molecule has 1 aliphatic rings. The molecule has 1 unspecified atom stereocenters. The number of nitrogens with one attached hydrogen (secondary N) is 1. The van der Waals surface area contributed by atoms with Gasteiger partial charge in [-0.15, -0.1) is 0 Å². The van der Waals surface area contributed by atoms with E-state index in [0.717, 1.165) is 23.1 Å². The molecule has 0 bridgehead atoms. The van der Waals surface area contributed by atoms with Crippen LogP contribution in [0.2, 0.25) is 10.0 Å². The number of carbonyl (C=O) groups is 1. The molecule has 2 aromatic carbocycles. The molecule has 0 spiro atoms. The SMILES string of the molecule is Cc1ccc(NC(=O)Cn2ncc(Cl)c(Cl)c2=O)cc1S(=O)(=O)N1CCCC(c2ccccc2)C1. The first-order chi connectivity index (χ1) is 16.7. The van der Waals surface area contributed by atoms with Crippen molar-refractivity contribution in [3.05, 3.63) is 86.3 Å². The van der Waals surface area contributed by atoms with Crippen molar-refractivity contribution >= 4 is 44.8 Å². The van der Waals surface area contributed by atoms with Crippen LogP contribution in [-0.2, 0) is 21.4 Å². The second-order valence-corrected chi connectivity index (χ2v) is 11.1. The second-order valence-electron chi connectivity index (χ2n) is 8.41. The Morgan fingerprint density at radius 3 is 2.66 bits per heavy atom. The van der Waals surface area contributed by atoms with Gasteiger partial charge in [0.1, 0.15) is 11.6 Å². The summed E-state index contributed by atoms with van der Waals surface area (Å²) in [5.74, 6) is -0.438. The van der Waals surface area contributed by atoms with Crippen LogP contribution in [0.3, 0.4) is 0 Å². The highest BCUT2D eigenvalue weighted by Gasteiger charge is 2.32. The lowest BCUT2D eigenvalue weighted by Gasteiger charge is -2.32. The Labute approximate surface area is 213 Å². The number of sulfonamides is 1. The first-order valence-corrected chi connectivity index (χ1v) is 13.2. The Morgan fingerprint density at radius 2 is 1.91 bits per heavy atom. The smallest absolute Gasteiger partial charge is 0.287 e. The van der Waals surface area contributed by atoms with Crippen LogP contribution in [0.25, 0.3) is 0 Å². The first kappa shape index (κ1) is 25.4. The van der Waals surface area contributed by atoms with Crippen LogP contribution >= 0.6 is 23.2 Å². The molecule has 0 radical (unpaired) electrons. The summed E-state index contributed by atoms with van der Waals surface area (Å²) < 4.78 is 29.5. The lowest BCUT2D eigenvalue weighted by Crippen LogP contribution is -2.39. The number of aromatic nitrogens is 2. The van der Waals surface area contributed by atoms with Crippen molar-refractivity contribution in [3.63, 3.8) is 0 Å². The Balaban J connectivity index is 1.53. The third-order valence-electron chi connectivity index (χ3n) is 5.98. The highest BCUT2D eigenvalue weighted by Crippen LogP contribution is 2.32. The van der Waals surface area contributed by atoms with Crippen molar-refractivity contribution in [2.75, 3.05) is 18.4 Å². The number of hydrogen-bond donors (Lipinski definition) is 1. The lowest BCUT2D eigenvalue weighted by atomic mass is 9.92. The number of benzene rings is 2. The molecule has 2 heterocycles. The van der Waals surface area contributed by atoms with Gasteiger partial charge in [0.2, 0.25) is 15.9 Å². The fourth-order valence-corrected chi connectivity index (χ4v) is 6.19. The van der Waals surface area contributed by atoms with E-state index in [0.29, 0.717) is 24.3 Å². The average Bonchev–Trinajstić information content (AvgIpc) is 2.86. The number of amides is 1. The maximum Gasteiger partial charge on any atom is 0.287 e. The Hall–Kier alpha value is -2.72. The predicted octanol–water partition coefficient (Wildman–Crippen LogP) is 4.07. The first-order valence-electron chi connectivity index (χ1n) is 11.0. The van der Waals surface area contributed by atoms with E-state index in [4.69, 9.17) is 23.2 Å². The maximum atomic E-state index is 13.6. The standard InChI is InChI=1S/C24H24Cl2N4O4S/c1-16-9-10-19(28-22(31)15-30-24(32)23(26)20(25)13-27-30)12-21(16)35(33,34)29-11-5-8-18(14-29)17-6-3-2-4-7-17/h2-4,6-7,9-10,12-13,18H,5,8,11,14-15H2,1H3,(H,28,31). The van der Waals surface area contributed by atoms with Gasteiger partial charge in [-0.1, -0.05) is 59.6 Å². The Morgan fingerprint density at radius 1 is 1.17 bits per heavy atom. The van der Waals surface area contributed by atoms with Gasteiger partial charge >= 0.3 is 0 Å². The number of aryl methyl sites for hydroxylation is 1. The fraction of sp³-hybridized carbons (Fsp3) is 0.292. The summed E-state index contributed by atoms with van der Waals surface area (Å²) >= 11 is 11.6. The summed E-state index contributed by atoms with van der Waals surface area (Å²) in [6.45, 7) is 2.15. The Kier molecular flexibility index (Phi) is 7.61. The van der Waals surface area contributed by atoms with Crippen LogP contribution in [0, 0.1) is 6.92 Å². The number of carbonyl (C=O) groups excluding carboxylic acids is 1. The molecule has 35 heavy (non-hydrogen) atoms. The van der Waals surface area contributed by atoms with E-state index in [1.807, 2.05) is 30.3 Å². The van der Waals surface area contributed by atoms with Gasteiger partial charge < -0.3 is 5.32 Å². The molecular weight excluding hydrogens is 511 g/mol. The van der Waals surface area contributed by atoms with E-state index in [-0.39, 0.29) is 20.9 Å². The molecule has 1 amide bonds. The maximum absolute atomic E-state index is 13.6. The van der Waals surface area contributed by atoms with Crippen molar-refractivity contribution in [3.8, 4) is 0 Å². The molecule has 4 rings (SSSR count). The zero-order chi connectivity index (χ0) is 25.2. The highest BCUT2D eigenvalue weighted by atomic mass is 35.5. The average molecular weight is 535 g/mol. The minimum absolute atomic E-state index is 0.00563. The molecular formula is C24H24Cl2N4O4S. The number of hydrogen-bond acceptors (Lipinski definition) is 5. The normalized spacial score (nSPS) is 16.7. The van der Waals surface area contributed by atoms with Crippen LogP contribution in [-0.4, -0.2) is 41.5 Å². The minimum Gasteiger partial charge on any atom is -0.324 e. The molecule has 1 atom stereocenters. The van der Waals surface area contributed by atoms with E-state index in [2.05, 4.69) is 10.4 Å². The number of piperidine rings is 1. The van der Waals surface area contributed by atoms with Gasteiger partial charge in [0.15, 0.2) is 0 Å². The monoisotopic (exact) mass is 534 g/mol. The lowest BCUT2D eigenvalue weighted by molar-refractivity contribution is -0.117. The minimum atomic E-state index is -3.79. The van der Waals surface area contributed by atoms with Crippen molar-refractivity contribution in [2.45, 2.75) is 37.1 Å². The van der Waals surface area contributed by atoms with Crippen LogP contribution in [0.4, 0.5) is 5.69 Å². The number of anilines is 1. The third kappa shape index (κ3) is 5.59. The van der Waals surface area contributed by atoms with Gasteiger partial charge in [0.25, 0.3) is 5.56 Å². The van der Waals surface area contributed by atoms with E-state index in [1.165, 1.54) is 16.6 Å². The summed E-state index contributed by atoms with van der Waals surface area (Å²) in [5.41, 5.74) is 1.30. The largest absolute Gasteiger partial charge is 0.324 e. The van der Waals surface area contributed by atoms with E-state index in [9.17, 15) is 18.0 Å². The van der Waals surface area contributed by atoms with Crippen molar-refractivity contribution in [1.82, 2.24) is 14.1 Å². The zero-order valence-electron chi connectivity index (χ0n) is 18.9. The van der Waals surface area contributed by atoms with Crippen molar-refractivity contribution in [2.24, 2.45) is 0 Å². The van der Waals surface area contributed by atoms with Gasteiger partial charge in [-0.25, -0.2) is 13.1 Å². The van der Waals surface area contributed by atoms with Crippen molar-refractivity contribution in [1.29, 1.82) is 0 Å². The van der Waals surface area contributed by atoms with Gasteiger partial charge in [-0.3, -0.25) is 9.59 Å². The number of nitrogens with zero attached hydrogens (tertiary/aromatic N) is 3. The summed E-state index contributed by atoms with van der Waals surface area (Å²) in [5, 5.41) is 6.21. The van der Waals surface area contributed by atoms with Crippen LogP contribution in [0.5, 0.6) is 0 Å². The predicted molar refractivity (Wildman–Crippen MR) is 136 cm³/mol. The zero-order valence-corrected chi connectivity index (χ0v) is 21.3. The fourth-order valence-electron chi connectivity index (χ4n) is 4.15. The third-order valence-corrected chi connectivity index (χ3v) is 8.74. The topological polar surface area (TPSA) is 101 Å². The summed E-state index contributed by atoms with van der Waals surface area (Å²) in [4.78, 5) is 24.8. The quantitative estimate of drug-likeness (QED) is 0.513. The molecule has 3 aromatic rings. The second kappa shape index (κ2) is 10.5. The van der Waals surface area contributed by atoms with Crippen molar-refractivity contribution < 1.29 is 13.2 Å². The van der Waals surface area contributed by atoms with E-state index in [1.54, 1.807) is 19.1 Å². The summed E-state index contributed by atoms with van der Waals surface area (Å²) in [6.07, 6.45) is 2.86. The molecule has 184 valence electrons. The molecule has 1 N–H and O–H groups in total. The molecule has 1 saturated heterocycles. The highest BCUT2D eigenvalue weighted by molar-refractivity contribution is 7.89. The van der Waals surface area contributed by atoms with Crippen LogP contribution in [0.1, 0.15) is 29.9 Å². The van der Waals surface area contributed by atoms with E-state index < -0.39 is 28.0 Å². The van der Waals surface area contributed by atoms with Crippen LogP contribution < -0.4 is 10.9 Å². The molecule has 1 aromatic heterocycles. The molecule has 1 fully saturated rings. The molecule has 11 heteroatoms. The van der Waals surface area contributed by atoms with Gasteiger partial charge in [-0.2, -0.15) is 9.40 Å². The van der Waals surface area contributed by atoms with Crippen LogP contribution in [0.15, 0.2) is 64.4 Å².